The molecule has 5 nitrogen and oxygen atoms in total. The van der Waals surface area contributed by atoms with Gasteiger partial charge < -0.3 is 15.2 Å². The molecule has 1 heterocycles. The first-order valence-electron chi connectivity index (χ1n) is 7.73. The summed E-state index contributed by atoms with van der Waals surface area (Å²) in [5, 5.41) is 11.3. The molecule has 0 aromatic heterocycles. The number of rotatable bonds is 6. The second-order valence-electron chi connectivity index (χ2n) is 6.34. The minimum absolute atomic E-state index is 0.0340. The van der Waals surface area contributed by atoms with Gasteiger partial charge in [0.15, 0.2) is 0 Å². The van der Waals surface area contributed by atoms with Gasteiger partial charge in [-0.15, -0.1) is 11.8 Å². The summed E-state index contributed by atoms with van der Waals surface area (Å²) >= 11 is 1.17. The SMILES string of the molecule is CC(Sc1ccccc1C(=O)NCC1CCC(C)(C)O1)C(=O)O. The van der Waals surface area contributed by atoms with Gasteiger partial charge >= 0.3 is 5.97 Å². The number of amides is 1. The monoisotopic (exact) mass is 337 g/mol. The predicted molar refractivity (Wildman–Crippen MR) is 89.9 cm³/mol. The zero-order valence-corrected chi connectivity index (χ0v) is 14.5. The van der Waals surface area contributed by atoms with Crippen molar-refractivity contribution in [3.63, 3.8) is 0 Å². The van der Waals surface area contributed by atoms with E-state index in [0.29, 0.717) is 17.0 Å². The Morgan fingerprint density at radius 3 is 2.74 bits per heavy atom. The van der Waals surface area contributed by atoms with Gasteiger partial charge in [0.1, 0.15) is 5.25 Å². The number of carbonyl (C=O) groups is 2. The largest absolute Gasteiger partial charge is 0.480 e. The van der Waals surface area contributed by atoms with E-state index in [0.717, 1.165) is 12.8 Å². The van der Waals surface area contributed by atoms with E-state index in [1.807, 2.05) is 13.8 Å². The number of ether oxygens (including phenoxy) is 1. The number of hydrogen-bond donors (Lipinski definition) is 2. The van der Waals surface area contributed by atoms with Gasteiger partial charge in [0, 0.05) is 11.4 Å². The third-order valence-electron chi connectivity index (χ3n) is 3.83. The second-order valence-corrected chi connectivity index (χ2v) is 7.73. The zero-order chi connectivity index (χ0) is 17.0. The lowest BCUT2D eigenvalue weighted by atomic mass is 10.1. The maximum Gasteiger partial charge on any atom is 0.316 e. The summed E-state index contributed by atoms with van der Waals surface area (Å²) in [6.07, 6.45) is 1.95. The highest BCUT2D eigenvalue weighted by atomic mass is 32.2. The average molecular weight is 337 g/mol. The van der Waals surface area contributed by atoms with Crippen LogP contribution in [-0.2, 0) is 9.53 Å². The summed E-state index contributed by atoms with van der Waals surface area (Å²) in [5.74, 6) is -1.09. The van der Waals surface area contributed by atoms with Crippen molar-refractivity contribution in [2.24, 2.45) is 0 Å². The molecule has 2 rings (SSSR count). The van der Waals surface area contributed by atoms with Crippen LogP contribution in [0.25, 0.3) is 0 Å². The second kappa shape index (κ2) is 7.36. The fourth-order valence-electron chi connectivity index (χ4n) is 2.52. The standard InChI is InChI=1S/C17H23NO4S/c1-11(16(20)21)23-14-7-5-4-6-13(14)15(19)18-10-12-8-9-17(2,3)22-12/h4-7,11-12H,8-10H2,1-3H3,(H,18,19)(H,20,21). The molecule has 0 aliphatic carbocycles. The Balaban J connectivity index is 1.98. The van der Waals surface area contributed by atoms with Crippen molar-refractivity contribution in [1.29, 1.82) is 0 Å². The maximum atomic E-state index is 12.4. The number of hydrogen-bond acceptors (Lipinski definition) is 4. The first kappa shape index (κ1) is 17.8. The Labute approximate surface area is 140 Å². The summed E-state index contributed by atoms with van der Waals surface area (Å²) in [5.41, 5.74) is 0.378. The highest BCUT2D eigenvalue weighted by Crippen LogP contribution is 2.29. The molecular weight excluding hydrogens is 314 g/mol. The van der Waals surface area contributed by atoms with E-state index >= 15 is 0 Å². The van der Waals surface area contributed by atoms with E-state index in [4.69, 9.17) is 9.84 Å². The summed E-state index contributed by atoms with van der Waals surface area (Å²) < 4.78 is 5.86. The van der Waals surface area contributed by atoms with Crippen molar-refractivity contribution in [3.05, 3.63) is 29.8 Å². The molecule has 0 saturated carbocycles. The van der Waals surface area contributed by atoms with E-state index in [9.17, 15) is 9.59 Å². The van der Waals surface area contributed by atoms with E-state index in [-0.39, 0.29) is 17.6 Å². The van der Waals surface area contributed by atoms with Gasteiger partial charge in [-0.2, -0.15) is 0 Å². The summed E-state index contributed by atoms with van der Waals surface area (Å²) in [7, 11) is 0. The molecule has 23 heavy (non-hydrogen) atoms. The molecule has 2 atom stereocenters. The lowest BCUT2D eigenvalue weighted by Crippen LogP contribution is -2.33. The van der Waals surface area contributed by atoms with Crippen molar-refractivity contribution in [2.75, 3.05) is 6.54 Å². The van der Waals surface area contributed by atoms with E-state index in [2.05, 4.69) is 5.32 Å². The van der Waals surface area contributed by atoms with Crippen molar-refractivity contribution >= 4 is 23.6 Å². The van der Waals surface area contributed by atoms with Gasteiger partial charge in [-0.3, -0.25) is 9.59 Å². The zero-order valence-electron chi connectivity index (χ0n) is 13.7. The molecule has 6 heteroatoms. The van der Waals surface area contributed by atoms with Crippen molar-refractivity contribution in [3.8, 4) is 0 Å². The van der Waals surface area contributed by atoms with Crippen molar-refractivity contribution in [1.82, 2.24) is 5.32 Å². The molecule has 1 aromatic rings. The molecule has 1 amide bonds. The summed E-state index contributed by atoms with van der Waals surface area (Å²) in [6, 6.07) is 7.07. The third-order valence-corrected chi connectivity index (χ3v) is 4.99. The van der Waals surface area contributed by atoms with Crippen molar-refractivity contribution in [2.45, 2.75) is 55.5 Å². The van der Waals surface area contributed by atoms with Crippen LogP contribution in [0.5, 0.6) is 0 Å². The van der Waals surface area contributed by atoms with Crippen LogP contribution in [0.2, 0.25) is 0 Å². The number of carboxylic acids is 1. The molecule has 1 aliphatic rings. The lowest BCUT2D eigenvalue weighted by Gasteiger charge is -2.19. The lowest BCUT2D eigenvalue weighted by molar-refractivity contribution is -0.136. The van der Waals surface area contributed by atoms with E-state index in [1.54, 1.807) is 31.2 Å². The molecule has 2 N–H and O–H groups in total. The van der Waals surface area contributed by atoms with Crippen molar-refractivity contribution < 1.29 is 19.4 Å². The molecule has 2 unspecified atom stereocenters. The fourth-order valence-corrected chi connectivity index (χ4v) is 3.45. The first-order valence-corrected chi connectivity index (χ1v) is 8.61. The number of benzene rings is 1. The minimum Gasteiger partial charge on any atom is -0.480 e. The predicted octanol–water partition coefficient (Wildman–Crippen LogP) is 2.94. The van der Waals surface area contributed by atoms with Crippen LogP contribution in [0.1, 0.15) is 44.0 Å². The van der Waals surface area contributed by atoms with E-state index in [1.165, 1.54) is 11.8 Å². The fraction of sp³-hybridized carbons (Fsp3) is 0.529. The van der Waals surface area contributed by atoms with Gasteiger partial charge in [0.25, 0.3) is 5.91 Å². The number of carboxylic acid groups (broad SMARTS) is 1. The third kappa shape index (κ3) is 4.97. The molecule has 0 bridgehead atoms. The molecule has 1 aromatic carbocycles. The Morgan fingerprint density at radius 1 is 1.43 bits per heavy atom. The number of thioether (sulfide) groups is 1. The number of carbonyl (C=O) groups excluding carboxylic acids is 1. The van der Waals surface area contributed by atoms with Gasteiger partial charge in [-0.1, -0.05) is 12.1 Å². The van der Waals surface area contributed by atoms with Crippen LogP contribution >= 0.6 is 11.8 Å². The minimum atomic E-state index is -0.896. The van der Waals surface area contributed by atoms with Crippen LogP contribution in [0.4, 0.5) is 0 Å². The van der Waals surface area contributed by atoms with Gasteiger partial charge in [0.2, 0.25) is 0 Å². The molecule has 1 saturated heterocycles. The van der Waals surface area contributed by atoms with Crippen LogP contribution in [0.15, 0.2) is 29.2 Å². The van der Waals surface area contributed by atoms with Gasteiger partial charge in [0.05, 0.1) is 17.3 Å². The molecule has 0 radical (unpaired) electrons. The Hall–Kier alpha value is -1.53. The Morgan fingerprint density at radius 2 is 2.13 bits per heavy atom. The highest BCUT2D eigenvalue weighted by Gasteiger charge is 2.31. The van der Waals surface area contributed by atoms with Crippen LogP contribution in [-0.4, -0.2) is 40.5 Å². The van der Waals surface area contributed by atoms with E-state index < -0.39 is 11.2 Å². The highest BCUT2D eigenvalue weighted by molar-refractivity contribution is 8.00. The van der Waals surface area contributed by atoms with Crippen LogP contribution in [0, 0.1) is 0 Å². The Kier molecular flexibility index (Phi) is 5.70. The maximum absolute atomic E-state index is 12.4. The smallest absolute Gasteiger partial charge is 0.316 e. The number of nitrogens with one attached hydrogen (secondary N) is 1. The molecule has 1 fully saturated rings. The van der Waals surface area contributed by atoms with Gasteiger partial charge in [-0.05, 0) is 45.7 Å². The summed E-state index contributed by atoms with van der Waals surface area (Å²) in [6.45, 7) is 6.17. The molecular formula is C17H23NO4S. The molecule has 1 aliphatic heterocycles. The van der Waals surface area contributed by atoms with Gasteiger partial charge in [-0.25, -0.2) is 0 Å². The topological polar surface area (TPSA) is 75.6 Å². The normalized spacial score (nSPS) is 20.9. The van der Waals surface area contributed by atoms with Crippen LogP contribution in [0.3, 0.4) is 0 Å². The summed E-state index contributed by atoms with van der Waals surface area (Å²) in [4.78, 5) is 24.1. The number of aliphatic carboxylic acids is 1. The molecule has 126 valence electrons. The average Bonchev–Trinajstić information content (AvgIpc) is 2.84. The Bertz CT molecular complexity index is 588. The first-order chi connectivity index (χ1) is 10.8. The quantitative estimate of drug-likeness (QED) is 0.781. The van der Waals surface area contributed by atoms with Crippen LogP contribution < -0.4 is 5.32 Å². The molecule has 0 spiro atoms.